The number of rotatable bonds is 6. The molecule has 0 bridgehead atoms. The Morgan fingerprint density at radius 3 is 2.00 bits per heavy atom. The van der Waals surface area contributed by atoms with Crippen molar-refractivity contribution >= 4 is 0 Å². The van der Waals surface area contributed by atoms with Crippen LogP contribution >= 0.6 is 0 Å². The minimum atomic E-state index is -0.531. The fourth-order valence-corrected chi connectivity index (χ4v) is 2.26. The predicted octanol–water partition coefficient (Wildman–Crippen LogP) is 3.20. The van der Waals surface area contributed by atoms with Gasteiger partial charge in [-0.15, -0.1) is 0 Å². The first-order valence-electron chi connectivity index (χ1n) is 6.67. The van der Waals surface area contributed by atoms with Crippen LogP contribution in [-0.4, -0.2) is 31.6 Å². The molecule has 2 nitrogen and oxygen atoms in total. The van der Waals surface area contributed by atoms with E-state index in [-0.39, 0.29) is 6.04 Å². The molecule has 1 N–H and O–H groups in total. The van der Waals surface area contributed by atoms with Crippen LogP contribution in [0.3, 0.4) is 0 Å². The fraction of sp³-hybridized carbons (Fsp3) is 0.600. The first-order valence-corrected chi connectivity index (χ1v) is 6.67. The second-order valence-corrected chi connectivity index (χ2v) is 5.61. The number of hydrogen-bond acceptors (Lipinski definition) is 2. The second-order valence-electron chi connectivity index (χ2n) is 5.61. The molecule has 4 heteroatoms. The Balaban J connectivity index is 2.66. The smallest absolute Gasteiger partial charge is 0.126 e. The monoisotopic (exact) mass is 270 g/mol. The molecule has 0 aliphatic heterocycles. The molecule has 0 amide bonds. The molecular formula is C15H24F2N2. The lowest BCUT2D eigenvalue weighted by Gasteiger charge is -2.29. The molecule has 0 aliphatic carbocycles. The molecule has 0 spiro atoms. The van der Waals surface area contributed by atoms with Gasteiger partial charge in [0.2, 0.25) is 0 Å². The van der Waals surface area contributed by atoms with Crippen LogP contribution in [0.2, 0.25) is 0 Å². The molecule has 2 unspecified atom stereocenters. The van der Waals surface area contributed by atoms with Gasteiger partial charge in [0.05, 0.1) is 0 Å². The van der Waals surface area contributed by atoms with Gasteiger partial charge in [0, 0.05) is 24.7 Å². The third kappa shape index (κ3) is 4.88. The molecule has 0 saturated carbocycles. The van der Waals surface area contributed by atoms with Crippen LogP contribution in [0.25, 0.3) is 0 Å². The summed E-state index contributed by atoms with van der Waals surface area (Å²) in [5.74, 6) is -0.549. The summed E-state index contributed by atoms with van der Waals surface area (Å²) in [6, 6.07) is 3.96. The van der Waals surface area contributed by atoms with Gasteiger partial charge in [0.15, 0.2) is 0 Å². The largest absolute Gasteiger partial charge is 0.309 e. The molecule has 2 atom stereocenters. The molecule has 0 aliphatic rings. The zero-order chi connectivity index (χ0) is 14.6. The van der Waals surface area contributed by atoms with Crippen molar-refractivity contribution in [3.05, 3.63) is 35.4 Å². The Morgan fingerprint density at radius 2 is 1.58 bits per heavy atom. The topological polar surface area (TPSA) is 15.3 Å². The van der Waals surface area contributed by atoms with Crippen molar-refractivity contribution in [2.45, 2.75) is 32.9 Å². The summed E-state index contributed by atoms with van der Waals surface area (Å²) in [7, 11) is 4.08. The van der Waals surface area contributed by atoms with Gasteiger partial charge in [-0.05, 0) is 44.6 Å². The maximum atomic E-state index is 13.2. The van der Waals surface area contributed by atoms with Crippen LogP contribution in [0.5, 0.6) is 0 Å². The Morgan fingerprint density at radius 1 is 1.05 bits per heavy atom. The van der Waals surface area contributed by atoms with E-state index >= 15 is 0 Å². The molecule has 0 fully saturated rings. The zero-order valence-corrected chi connectivity index (χ0v) is 12.4. The summed E-state index contributed by atoms with van der Waals surface area (Å²) < 4.78 is 26.3. The molecule has 0 heterocycles. The number of halogens is 2. The van der Waals surface area contributed by atoms with Crippen molar-refractivity contribution < 1.29 is 8.78 Å². The van der Waals surface area contributed by atoms with Gasteiger partial charge in [0.1, 0.15) is 11.6 Å². The van der Waals surface area contributed by atoms with E-state index < -0.39 is 11.6 Å². The van der Waals surface area contributed by atoms with E-state index in [0.29, 0.717) is 17.5 Å². The SMILES string of the molecule is CC(NCC(C(C)C)N(C)C)c1cc(F)cc(F)c1. The van der Waals surface area contributed by atoms with E-state index in [4.69, 9.17) is 0 Å². The lowest BCUT2D eigenvalue weighted by molar-refractivity contribution is 0.220. The summed E-state index contributed by atoms with van der Waals surface area (Å²) in [6.07, 6.45) is 0. The van der Waals surface area contributed by atoms with E-state index in [1.807, 2.05) is 21.0 Å². The number of nitrogens with zero attached hydrogens (tertiary/aromatic N) is 1. The predicted molar refractivity (Wildman–Crippen MR) is 75.1 cm³/mol. The van der Waals surface area contributed by atoms with Crippen LogP contribution in [0, 0.1) is 17.6 Å². The summed E-state index contributed by atoms with van der Waals surface area (Å²) in [4.78, 5) is 2.16. The van der Waals surface area contributed by atoms with Crippen LogP contribution < -0.4 is 5.32 Å². The zero-order valence-electron chi connectivity index (χ0n) is 12.4. The Labute approximate surface area is 114 Å². The lowest BCUT2D eigenvalue weighted by atomic mass is 10.0. The summed E-state index contributed by atoms with van der Waals surface area (Å²) in [5, 5.41) is 3.34. The first-order chi connectivity index (χ1) is 8.81. The maximum Gasteiger partial charge on any atom is 0.126 e. The lowest BCUT2D eigenvalue weighted by Crippen LogP contribution is -2.42. The third-order valence-electron chi connectivity index (χ3n) is 3.45. The number of benzene rings is 1. The van der Waals surface area contributed by atoms with Crippen LogP contribution in [-0.2, 0) is 0 Å². The molecule has 0 radical (unpaired) electrons. The summed E-state index contributed by atoms with van der Waals surface area (Å²) >= 11 is 0. The Bertz CT molecular complexity index is 377. The summed E-state index contributed by atoms with van der Waals surface area (Å²) in [5.41, 5.74) is 0.638. The molecule has 108 valence electrons. The number of nitrogens with one attached hydrogen (secondary N) is 1. The second kappa shape index (κ2) is 6.96. The van der Waals surface area contributed by atoms with Gasteiger partial charge in [0.25, 0.3) is 0 Å². The van der Waals surface area contributed by atoms with E-state index in [2.05, 4.69) is 24.1 Å². The Hall–Kier alpha value is -1.00. The molecule has 19 heavy (non-hydrogen) atoms. The minimum Gasteiger partial charge on any atom is -0.309 e. The Kier molecular flexibility index (Phi) is 5.88. The molecule has 1 aromatic rings. The molecule has 0 saturated heterocycles. The molecule has 1 aromatic carbocycles. The number of likely N-dealkylation sites (N-methyl/N-ethyl adjacent to an activating group) is 1. The van der Waals surface area contributed by atoms with E-state index in [0.717, 1.165) is 12.6 Å². The van der Waals surface area contributed by atoms with Gasteiger partial charge in [-0.25, -0.2) is 8.78 Å². The van der Waals surface area contributed by atoms with Gasteiger partial charge in [-0.3, -0.25) is 0 Å². The molecule has 1 rings (SSSR count). The minimum absolute atomic E-state index is 0.0774. The van der Waals surface area contributed by atoms with Crippen molar-refractivity contribution in [1.82, 2.24) is 10.2 Å². The van der Waals surface area contributed by atoms with Gasteiger partial charge in [-0.1, -0.05) is 13.8 Å². The third-order valence-corrected chi connectivity index (χ3v) is 3.45. The van der Waals surface area contributed by atoms with Gasteiger partial charge < -0.3 is 10.2 Å². The van der Waals surface area contributed by atoms with Crippen LogP contribution in [0.4, 0.5) is 8.78 Å². The highest BCUT2D eigenvalue weighted by Crippen LogP contribution is 2.16. The van der Waals surface area contributed by atoms with Crippen molar-refractivity contribution in [3.63, 3.8) is 0 Å². The molecule has 0 aromatic heterocycles. The fourth-order valence-electron chi connectivity index (χ4n) is 2.26. The quantitative estimate of drug-likeness (QED) is 0.854. The highest BCUT2D eigenvalue weighted by molar-refractivity contribution is 5.20. The average molecular weight is 270 g/mol. The number of hydrogen-bond donors (Lipinski definition) is 1. The average Bonchev–Trinajstić information content (AvgIpc) is 2.26. The van der Waals surface area contributed by atoms with E-state index in [1.54, 1.807) is 0 Å². The van der Waals surface area contributed by atoms with Crippen molar-refractivity contribution in [2.24, 2.45) is 5.92 Å². The van der Waals surface area contributed by atoms with Crippen molar-refractivity contribution in [1.29, 1.82) is 0 Å². The van der Waals surface area contributed by atoms with Crippen LogP contribution in [0.1, 0.15) is 32.4 Å². The normalized spacial score (nSPS) is 15.0. The standard InChI is InChI=1S/C15H24F2N2/c1-10(2)15(19(4)5)9-18-11(3)12-6-13(16)8-14(17)7-12/h6-8,10-11,15,18H,9H2,1-5H3. The first kappa shape index (κ1) is 16.1. The van der Waals surface area contributed by atoms with Crippen molar-refractivity contribution in [3.8, 4) is 0 Å². The highest BCUT2D eigenvalue weighted by atomic mass is 19.1. The van der Waals surface area contributed by atoms with Crippen LogP contribution in [0.15, 0.2) is 18.2 Å². The van der Waals surface area contributed by atoms with Gasteiger partial charge >= 0.3 is 0 Å². The summed E-state index contributed by atoms with van der Waals surface area (Å²) in [6.45, 7) is 7.03. The molecular weight excluding hydrogens is 246 g/mol. The maximum absolute atomic E-state index is 13.2. The highest BCUT2D eigenvalue weighted by Gasteiger charge is 2.17. The van der Waals surface area contributed by atoms with E-state index in [1.165, 1.54) is 12.1 Å². The van der Waals surface area contributed by atoms with E-state index in [9.17, 15) is 8.78 Å². The van der Waals surface area contributed by atoms with Crippen molar-refractivity contribution in [2.75, 3.05) is 20.6 Å². The van der Waals surface area contributed by atoms with Gasteiger partial charge in [-0.2, -0.15) is 0 Å².